The van der Waals surface area contributed by atoms with Crippen molar-refractivity contribution in [3.63, 3.8) is 0 Å². The van der Waals surface area contributed by atoms with Gasteiger partial charge in [0.15, 0.2) is 0 Å². The Morgan fingerprint density at radius 1 is 1.17 bits per heavy atom. The number of nitrogens with zero attached hydrogens (tertiary/aromatic N) is 1. The second kappa shape index (κ2) is 5.96. The Labute approximate surface area is 133 Å². The van der Waals surface area contributed by atoms with E-state index in [1.54, 1.807) is 31.4 Å². The second-order valence-corrected chi connectivity index (χ2v) is 5.13. The molecule has 0 bridgehead atoms. The maximum Gasteiger partial charge on any atom is 0.254 e. The van der Waals surface area contributed by atoms with Crippen molar-refractivity contribution in [3.05, 3.63) is 65.2 Å². The van der Waals surface area contributed by atoms with E-state index in [0.717, 1.165) is 16.6 Å². The fourth-order valence-electron chi connectivity index (χ4n) is 2.29. The van der Waals surface area contributed by atoms with Gasteiger partial charge in [0.1, 0.15) is 16.9 Å². The minimum absolute atomic E-state index is 0.199. The normalized spacial score (nSPS) is 11.7. The molecule has 2 N–H and O–H groups in total. The van der Waals surface area contributed by atoms with Crippen LogP contribution in [0.15, 0.2) is 57.9 Å². The van der Waals surface area contributed by atoms with Gasteiger partial charge in [0.25, 0.3) is 5.91 Å². The summed E-state index contributed by atoms with van der Waals surface area (Å²) in [6.07, 6.45) is 0. The maximum absolute atomic E-state index is 11.8. The summed E-state index contributed by atoms with van der Waals surface area (Å²) in [5, 5.41) is 0.724. The van der Waals surface area contributed by atoms with Crippen LogP contribution in [0.4, 0.5) is 5.69 Å². The molecule has 0 unspecified atom stereocenters. The Kier molecular flexibility index (Phi) is 3.85. The van der Waals surface area contributed by atoms with Gasteiger partial charge in [-0.25, -0.2) is 4.99 Å². The first kappa shape index (κ1) is 14.8. The van der Waals surface area contributed by atoms with E-state index < -0.39 is 5.91 Å². The first-order valence-electron chi connectivity index (χ1n) is 7.10. The van der Waals surface area contributed by atoms with E-state index in [9.17, 15) is 4.79 Å². The number of carbonyl (C=O) groups is 1. The number of hydrogen-bond donors (Lipinski definition) is 1. The predicted molar refractivity (Wildman–Crippen MR) is 87.7 cm³/mol. The van der Waals surface area contributed by atoms with Gasteiger partial charge in [-0.1, -0.05) is 18.2 Å². The Bertz CT molecular complexity index is 958. The van der Waals surface area contributed by atoms with Gasteiger partial charge in [-0.15, -0.1) is 0 Å². The van der Waals surface area contributed by atoms with Crippen LogP contribution in [0.3, 0.4) is 0 Å². The lowest BCUT2D eigenvalue weighted by atomic mass is 10.1. The van der Waals surface area contributed by atoms with E-state index in [1.165, 1.54) is 0 Å². The molecule has 0 fully saturated rings. The van der Waals surface area contributed by atoms with E-state index in [-0.39, 0.29) is 11.1 Å². The lowest BCUT2D eigenvalue weighted by molar-refractivity contribution is 0.0996. The van der Waals surface area contributed by atoms with Crippen molar-refractivity contribution in [2.24, 2.45) is 10.7 Å². The first-order chi connectivity index (χ1) is 11.1. The van der Waals surface area contributed by atoms with Crippen LogP contribution in [0.1, 0.15) is 15.9 Å². The summed E-state index contributed by atoms with van der Waals surface area (Å²) in [6.45, 7) is 1.94. The van der Waals surface area contributed by atoms with Gasteiger partial charge in [0.05, 0.1) is 12.8 Å². The van der Waals surface area contributed by atoms with E-state index in [0.29, 0.717) is 11.3 Å². The smallest absolute Gasteiger partial charge is 0.254 e. The molecule has 3 aromatic rings. The van der Waals surface area contributed by atoms with E-state index >= 15 is 0 Å². The number of aryl methyl sites for hydroxylation is 1. The van der Waals surface area contributed by atoms with Gasteiger partial charge in [0, 0.05) is 5.39 Å². The van der Waals surface area contributed by atoms with Gasteiger partial charge in [-0.2, -0.15) is 0 Å². The van der Waals surface area contributed by atoms with Crippen molar-refractivity contribution in [1.29, 1.82) is 0 Å². The minimum atomic E-state index is -0.592. The predicted octanol–water partition coefficient (Wildman–Crippen LogP) is 3.08. The fraction of sp³-hybridized carbons (Fsp3) is 0.111. The lowest BCUT2D eigenvalue weighted by Gasteiger charge is -2.05. The van der Waals surface area contributed by atoms with Gasteiger partial charge in [-0.05, 0) is 42.8 Å². The topological polar surface area (TPSA) is 77.8 Å². The molecule has 0 saturated carbocycles. The number of fused-ring (bicyclic) bond motifs is 1. The number of rotatable bonds is 3. The van der Waals surface area contributed by atoms with Crippen molar-refractivity contribution >= 4 is 22.6 Å². The van der Waals surface area contributed by atoms with Crippen LogP contribution in [0.2, 0.25) is 0 Å². The Hall–Kier alpha value is -3.08. The Morgan fingerprint density at radius 3 is 2.65 bits per heavy atom. The SMILES string of the molecule is COc1ccc2oc(=Nc3ccccc3C)c(C(N)=O)cc2c1. The van der Waals surface area contributed by atoms with E-state index in [1.807, 2.05) is 31.2 Å². The number of amides is 1. The van der Waals surface area contributed by atoms with Crippen molar-refractivity contribution in [2.45, 2.75) is 6.92 Å². The summed E-state index contributed by atoms with van der Waals surface area (Å²) in [7, 11) is 1.58. The lowest BCUT2D eigenvalue weighted by Crippen LogP contribution is -2.21. The zero-order chi connectivity index (χ0) is 16.4. The van der Waals surface area contributed by atoms with Crippen LogP contribution in [0.25, 0.3) is 11.0 Å². The number of para-hydroxylation sites is 1. The van der Waals surface area contributed by atoms with Crippen molar-refractivity contribution in [2.75, 3.05) is 7.11 Å². The molecular weight excluding hydrogens is 292 g/mol. The van der Waals surface area contributed by atoms with Crippen LogP contribution < -0.4 is 16.0 Å². The standard InChI is InChI=1S/C18H16N2O3/c1-11-5-3-4-6-15(11)20-18-14(17(19)21)10-12-9-13(22-2)7-8-16(12)23-18/h3-10H,1-2H3,(H2,19,21). The highest BCUT2D eigenvalue weighted by Gasteiger charge is 2.10. The molecule has 0 atom stereocenters. The molecule has 0 aliphatic carbocycles. The minimum Gasteiger partial charge on any atom is -0.497 e. The Morgan fingerprint density at radius 2 is 1.96 bits per heavy atom. The summed E-state index contributed by atoms with van der Waals surface area (Å²) < 4.78 is 11.0. The zero-order valence-electron chi connectivity index (χ0n) is 12.9. The molecule has 1 aromatic heterocycles. The quantitative estimate of drug-likeness (QED) is 0.807. The molecule has 3 rings (SSSR count). The summed E-state index contributed by atoms with van der Waals surface area (Å²) >= 11 is 0. The Balaban J connectivity index is 2.29. The van der Waals surface area contributed by atoms with Gasteiger partial charge < -0.3 is 14.9 Å². The van der Waals surface area contributed by atoms with Gasteiger partial charge >= 0.3 is 0 Å². The average Bonchev–Trinajstić information content (AvgIpc) is 2.55. The van der Waals surface area contributed by atoms with Crippen LogP contribution in [0.5, 0.6) is 5.75 Å². The van der Waals surface area contributed by atoms with Crippen LogP contribution in [-0.2, 0) is 0 Å². The molecule has 0 radical (unpaired) electrons. The fourth-order valence-corrected chi connectivity index (χ4v) is 2.29. The third kappa shape index (κ3) is 2.94. The largest absolute Gasteiger partial charge is 0.497 e. The molecule has 116 valence electrons. The molecule has 0 saturated heterocycles. The monoisotopic (exact) mass is 308 g/mol. The average molecular weight is 308 g/mol. The maximum atomic E-state index is 11.8. The number of hydrogen-bond acceptors (Lipinski definition) is 4. The molecule has 1 heterocycles. The van der Waals surface area contributed by atoms with Crippen molar-refractivity contribution in [1.82, 2.24) is 0 Å². The molecule has 0 aliphatic rings. The van der Waals surface area contributed by atoms with Crippen LogP contribution in [-0.4, -0.2) is 13.0 Å². The van der Waals surface area contributed by atoms with Gasteiger partial charge in [0.2, 0.25) is 5.55 Å². The van der Waals surface area contributed by atoms with E-state index in [2.05, 4.69) is 4.99 Å². The number of carbonyl (C=O) groups excluding carboxylic acids is 1. The number of nitrogens with two attached hydrogens (primary N) is 1. The second-order valence-electron chi connectivity index (χ2n) is 5.13. The molecule has 5 heteroatoms. The summed E-state index contributed by atoms with van der Waals surface area (Å²) in [6, 6.07) is 14.6. The molecular formula is C18H16N2O3. The summed E-state index contributed by atoms with van der Waals surface area (Å²) in [5.74, 6) is 0.0810. The van der Waals surface area contributed by atoms with Crippen LogP contribution >= 0.6 is 0 Å². The van der Waals surface area contributed by atoms with Crippen molar-refractivity contribution in [3.8, 4) is 5.75 Å². The highest BCUT2D eigenvalue weighted by atomic mass is 16.5. The van der Waals surface area contributed by atoms with Crippen molar-refractivity contribution < 1.29 is 13.9 Å². The highest BCUT2D eigenvalue weighted by molar-refractivity contribution is 5.95. The number of methoxy groups -OCH3 is 1. The van der Waals surface area contributed by atoms with Crippen LogP contribution in [0, 0.1) is 6.92 Å². The molecule has 5 nitrogen and oxygen atoms in total. The summed E-state index contributed by atoms with van der Waals surface area (Å²) in [5.41, 5.74) is 8.21. The molecule has 23 heavy (non-hydrogen) atoms. The summed E-state index contributed by atoms with van der Waals surface area (Å²) in [4.78, 5) is 16.2. The number of ether oxygens (including phenoxy) is 1. The van der Waals surface area contributed by atoms with E-state index in [4.69, 9.17) is 14.9 Å². The molecule has 2 aromatic carbocycles. The molecule has 0 spiro atoms. The number of primary amides is 1. The van der Waals surface area contributed by atoms with Gasteiger partial charge in [-0.3, -0.25) is 4.79 Å². The first-order valence-corrected chi connectivity index (χ1v) is 7.10. The third-order valence-corrected chi connectivity index (χ3v) is 3.56. The molecule has 0 aliphatic heterocycles. The third-order valence-electron chi connectivity index (χ3n) is 3.56. The highest BCUT2D eigenvalue weighted by Crippen LogP contribution is 2.21. The number of benzene rings is 2. The molecule has 1 amide bonds. The zero-order valence-corrected chi connectivity index (χ0v) is 12.9.